The molecule has 4 heteroatoms. The molecule has 82 valence electrons. The minimum absolute atomic E-state index is 0.261. The van der Waals surface area contributed by atoms with Gasteiger partial charge in [-0.2, -0.15) is 0 Å². The number of hydrogen-bond acceptors (Lipinski definition) is 2. The van der Waals surface area contributed by atoms with E-state index in [1.165, 1.54) is 4.90 Å². The lowest BCUT2D eigenvalue weighted by atomic mass is 9.89. The summed E-state index contributed by atoms with van der Waals surface area (Å²) in [6.45, 7) is 6.06. The van der Waals surface area contributed by atoms with E-state index in [1.54, 1.807) is 7.05 Å². The minimum Gasteiger partial charge on any atom is -0.465 e. The normalized spacial score (nSPS) is 22.4. The summed E-state index contributed by atoms with van der Waals surface area (Å²) >= 11 is 0. The Morgan fingerprint density at radius 1 is 1.64 bits per heavy atom. The van der Waals surface area contributed by atoms with Gasteiger partial charge in [0.2, 0.25) is 0 Å². The summed E-state index contributed by atoms with van der Waals surface area (Å²) in [6, 6.07) is 0. The first-order valence-corrected chi connectivity index (χ1v) is 5.11. The fraction of sp³-hybridized carbons (Fsp3) is 0.900. The molecule has 14 heavy (non-hydrogen) atoms. The van der Waals surface area contributed by atoms with Crippen molar-refractivity contribution in [1.29, 1.82) is 0 Å². The van der Waals surface area contributed by atoms with Crippen LogP contribution in [0.5, 0.6) is 0 Å². The van der Waals surface area contributed by atoms with Crippen molar-refractivity contribution in [1.82, 2.24) is 10.2 Å². The van der Waals surface area contributed by atoms with Crippen molar-refractivity contribution in [3.8, 4) is 0 Å². The van der Waals surface area contributed by atoms with Gasteiger partial charge in [-0.1, -0.05) is 0 Å². The number of rotatable bonds is 3. The van der Waals surface area contributed by atoms with Crippen molar-refractivity contribution in [2.45, 2.75) is 32.2 Å². The molecule has 0 aromatic rings. The molecule has 1 fully saturated rings. The summed E-state index contributed by atoms with van der Waals surface area (Å²) in [5.41, 5.74) is -0.261. The van der Waals surface area contributed by atoms with E-state index in [1.807, 2.05) is 13.8 Å². The lowest BCUT2D eigenvalue weighted by molar-refractivity contribution is 0.0979. The van der Waals surface area contributed by atoms with Crippen LogP contribution in [0, 0.1) is 5.92 Å². The first-order chi connectivity index (χ1) is 6.43. The number of amides is 1. The summed E-state index contributed by atoms with van der Waals surface area (Å²) in [5.74, 6) is 0.617. The third-order valence-electron chi connectivity index (χ3n) is 3.15. The Balaban J connectivity index is 2.51. The third kappa shape index (κ3) is 2.61. The fourth-order valence-corrected chi connectivity index (χ4v) is 1.99. The molecule has 0 saturated carbocycles. The van der Waals surface area contributed by atoms with Gasteiger partial charge in [0.1, 0.15) is 0 Å². The molecule has 1 rings (SSSR count). The van der Waals surface area contributed by atoms with Gasteiger partial charge in [0.25, 0.3) is 0 Å². The van der Waals surface area contributed by atoms with Crippen molar-refractivity contribution >= 4 is 6.09 Å². The Labute approximate surface area is 85.3 Å². The molecule has 0 unspecified atom stereocenters. The highest BCUT2D eigenvalue weighted by molar-refractivity contribution is 5.65. The van der Waals surface area contributed by atoms with E-state index < -0.39 is 6.09 Å². The molecule has 0 radical (unpaired) electrons. The molecule has 1 atom stereocenters. The monoisotopic (exact) mass is 200 g/mol. The Morgan fingerprint density at radius 2 is 2.29 bits per heavy atom. The maximum Gasteiger partial charge on any atom is 0.407 e. The van der Waals surface area contributed by atoms with Gasteiger partial charge in [-0.3, -0.25) is 0 Å². The standard InChI is InChI=1S/C10H20N2O2/c1-10(2,12(3)9(13)14)6-8-4-5-11-7-8/h8,11H,4-7H2,1-3H3,(H,13,14)/t8-/m0/s1. The van der Waals surface area contributed by atoms with Gasteiger partial charge in [-0.25, -0.2) is 4.79 Å². The third-order valence-corrected chi connectivity index (χ3v) is 3.15. The number of nitrogens with one attached hydrogen (secondary N) is 1. The lowest BCUT2D eigenvalue weighted by Gasteiger charge is -2.35. The van der Waals surface area contributed by atoms with E-state index in [4.69, 9.17) is 5.11 Å². The highest BCUT2D eigenvalue weighted by Gasteiger charge is 2.31. The molecule has 1 aliphatic rings. The van der Waals surface area contributed by atoms with E-state index in [9.17, 15) is 4.79 Å². The van der Waals surface area contributed by atoms with Crippen molar-refractivity contribution in [3.63, 3.8) is 0 Å². The van der Waals surface area contributed by atoms with Crippen LogP contribution in [0.4, 0.5) is 4.79 Å². The molecule has 1 aliphatic heterocycles. The summed E-state index contributed by atoms with van der Waals surface area (Å²) < 4.78 is 0. The molecule has 0 spiro atoms. The highest BCUT2D eigenvalue weighted by Crippen LogP contribution is 2.25. The van der Waals surface area contributed by atoms with Crippen molar-refractivity contribution in [3.05, 3.63) is 0 Å². The van der Waals surface area contributed by atoms with Gasteiger partial charge < -0.3 is 15.3 Å². The predicted molar refractivity (Wildman–Crippen MR) is 55.5 cm³/mol. The van der Waals surface area contributed by atoms with E-state index in [-0.39, 0.29) is 5.54 Å². The number of carbonyl (C=O) groups is 1. The Hall–Kier alpha value is -0.770. The molecule has 1 amide bonds. The molecule has 0 aromatic heterocycles. The average Bonchev–Trinajstić information content (AvgIpc) is 2.54. The largest absolute Gasteiger partial charge is 0.465 e. The Bertz CT molecular complexity index is 210. The number of nitrogens with zero attached hydrogens (tertiary/aromatic N) is 1. The molecule has 0 aliphatic carbocycles. The van der Waals surface area contributed by atoms with Gasteiger partial charge in [-0.15, -0.1) is 0 Å². The van der Waals surface area contributed by atoms with Gasteiger partial charge in [0, 0.05) is 12.6 Å². The summed E-state index contributed by atoms with van der Waals surface area (Å²) in [7, 11) is 1.64. The van der Waals surface area contributed by atoms with E-state index in [0.717, 1.165) is 25.9 Å². The maximum atomic E-state index is 10.8. The van der Waals surface area contributed by atoms with Gasteiger partial charge in [0.15, 0.2) is 0 Å². The van der Waals surface area contributed by atoms with Crippen LogP contribution in [0.25, 0.3) is 0 Å². The van der Waals surface area contributed by atoms with Crippen LogP contribution < -0.4 is 5.32 Å². The van der Waals surface area contributed by atoms with Crippen LogP contribution in [0.1, 0.15) is 26.7 Å². The molecule has 4 nitrogen and oxygen atoms in total. The molecule has 1 saturated heterocycles. The smallest absolute Gasteiger partial charge is 0.407 e. The first kappa shape index (κ1) is 11.3. The van der Waals surface area contributed by atoms with E-state index in [2.05, 4.69) is 5.32 Å². The Kier molecular flexibility index (Phi) is 3.37. The van der Waals surface area contributed by atoms with Crippen LogP contribution in [-0.4, -0.2) is 41.8 Å². The SMILES string of the molecule is CN(C(=O)O)C(C)(C)C[C@@H]1CCNC1. The highest BCUT2D eigenvalue weighted by atomic mass is 16.4. The second kappa shape index (κ2) is 4.17. The minimum atomic E-state index is -0.846. The molecule has 2 N–H and O–H groups in total. The van der Waals surface area contributed by atoms with Crippen LogP contribution in [0.15, 0.2) is 0 Å². The molecule has 0 aromatic carbocycles. The zero-order chi connectivity index (χ0) is 10.8. The lowest BCUT2D eigenvalue weighted by Crippen LogP contribution is -2.45. The second-order valence-electron chi connectivity index (χ2n) is 4.72. The molecule has 1 heterocycles. The van der Waals surface area contributed by atoms with Gasteiger partial charge in [0.05, 0.1) is 0 Å². The molecular weight excluding hydrogens is 180 g/mol. The topological polar surface area (TPSA) is 52.6 Å². The van der Waals surface area contributed by atoms with E-state index in [0.29, 0.717) is 5.92 Å². The maximum absolute atomic E-state index is 10.8. The van der Waals surface area contributed by atoms with Crippen molar-refractivity contribution in [2.24, 2.45) is 5.92 Å². The summed E-state index contributed by atoms with van der Waals surface area (Å²) in [4.78, 5) is 12.2. The summed E-state index contributed by atoms with van der Waals surface area (Å²) in [5, 5.41) is 12.2. The number of carboxylic acid groups (broad SMARTS) is 1. The van der Waals surface area contributed by atoms with Crippen LogP contribution >= 0.6 is 0 Å². The Morgan fingerprint density at radius 3 is 2.71 bits per heavy atom. The first-order valence-electron chi connectivity index (χ1n) is 5.11. The van der Waals surface area contributed by atoms with Crippen LogP contribution in [-0.2, 0) is 0 Å². The molecule has 0 bridgehead atoms. The van der Waals surface area contributed by atoms with Gasteiger partial charge >= 0.3 is 6.09 Å². The van der Waals surface area contributed by atoms with Crippen LogP contribution in [0.2, 0.25) is 0 Å². The van der Waals surface area contributed by atoms with Crippen molar-refractivity contribution < 1.29 is 9.90 Å². The predicted octanol–water partition coefficient (Wildman–Crippen LogP) is 1.37. The fourth-order valence-electron chi connectivity index (χ4n) is 1.99. The van der Waals surface area contributed by atoms with Gasteiger partial charge in [-0.05, 0) is 45.7 Å². The van der Waals surface area contributed by atoms with Crippen LogP contribution in [0.3, 0.4) is 0 Å². The quantitative estimate of drug-likeness (QED) is 0.723. The molecular formula is C10H20N2O2. The average molecular weight is 200 g/mol. The summed E-state index contributed by atoms with van der Waals surface area (Å²) in [6.07, 6.45) is 1.25. The zero-order valence-corrected chi connectivity index (χ0v) is 9.21. The number of hydrogen-bond donors (Lipinski definition) is 2. The zero-order valence-electron chi connectivity index (χ0n) is 9.21. The van der Waals surface area contributed by atoms with Crippen molar-refractivity contribution in [2.75, 3.05) is 20.1 Å². The second-order valence-corrected chi connectivity index (χ2v) is 4.72. The van der Waals surface area contributed by atoms with E-state index >= 15 is 0 Å².